The lowest BCUT2D eigenvalue weighted by Gasteiger charge is -2.31. The van der Waals surface area contributed by atoms with E-state index in [0.29, 0.717) is 14.9 Å². The number of carboxylic acid groups (broad SMARTS) is 1. The molecule has 2 aromatic rings. The minimum atomic E-state index is -1.34. The fourth-order valence-corrected chi connectivity index (χ4v) is 4.40. The topological polar surface area (TPSA) is 137 Å². The van der Waals surface area contributed by atoms with Crippen LogP contribution >= 0.6 is 22.9 Å². The van der Waals surface area contributed by atoms with Gasteiger partial charge in [-0.05, 0) is 36.4 Å². The Kier molecular flexibility index (Phi) is 6.20. The Morgan fingerprint density at radius 3 is 2.27 bits per heavy atom. The van der Waals surface area contributed by atoms with E-state index in [1.807, 2.05) is 0 Å². The number of rotatable bonds is 5. The maximum Gasteiger partial charge on any atom is 0.414 e. The Morgan fingerprint density at radius 2 is 1.70 bits per heavy atom. The van der Waals surface area contributed by atoms with Crippen LogP contribution < -0.4 is 15.1 Å². The number of hydrogen-bond acceptors (Lipinski definition) is 7. The number of thiophene rings is 1. The number of imide groups is 1. The van der Waals surface area contributed by atoms with Crippen molar-refractivity contribution in [1.29, 1.82) is 0 Å². The third-order valence-corrected chi connectivity index (χ3v) is 6.23. The summed E-state index contributed by atoms with van der Waals surface area (Å²) in [5.41, 5.74) is 0.747. The molecule has 0 saturated carbocycles. The van der Waals surface area contributed by atoms with Gasteiger partial charge in [0, 0.05) is 5.69 Å². The SMILES string of the molecule is O=C(NCC1CN(c2ccc(N3C(=O)CN(C(=O)O)CC3=O)cc2)C(=O)O1)c1ccc(Cl)s1. The molecule has 11 nitrogen and oxygen atoms in total. The number of amides is 5. The molecule has 1 unspecified atom stereocenters. The molecule has 3 heterocycles. The summed E-state index contributed by atoms with van der Waals surface area (Å²) in [6.45, 7) is -0.539. The molecule has 1 aromatic carbocycles. The van der Waals surface area contributed by atoms with Crippen LogP contribution in [0.5, 0.6) is 0 Å². The second-order valence-electron chi connectivity index (χ2n) is 7.21. The molecule has 1 aromatic heterocycles. The number of carbonyl (C=O) groups excluding carboxylic acids is 4. The number of nitrogens with one attached hydrogen (secondary N) is 1. The highest BCUT2D eigenvalue weighted by molar-refractivity contribution is 7.18. The van der Waals surface area contributed by atoms with Crippen molar-refractivity contribution in [3.8, 4) is 0 Å². The van der Waals surface area contributed by atoms with Gasteiger partial charge in [0.2, 0.25) is 0 Å². The molecule has 0 bridgehead atoms. The first-order valence-corrected chi connectivity index (χ1v) is 10.9. The second kappa shape index (κ2) is 9.08. The van der Waals surface area contributed by atoms with E-state index in [9.17, 15) is 24.0 Å². The molecule has 5 amide bonds. The largest absolute Gasteiger partial charge is 0.465 e. The first-order valence-electron chi connectivity index (χ1n) is 9.68. The molecule has 2 fully saturated rings. The number of cyclic esters (lactones) is 1. The van der Waals surface area contributed by atoms with Crippen molar-refractivity contribution in [2.75, 3.05) is 36.0 Å². The highest BCUT2D eigenvalue weighted by atomic mass is 35.5. The van der Waals surface area contributed by atoms with Gasteiger partial charge >= 0.3 is 12.2 Å². The predicted molar refractivity (Wildman–Crippen MR) is 118 cm³/mol. The number of benzene rings is 1. The fraction of sp³-hybridized carbons (Fsp3) is 0.250. The number of piperazine rings is 1. The molecule has 2 N–H and O–H groups in total. The van der Waals surface area contributed by atoms with E-state index in [4.69, 9.17) is 21.4 Å². The van der Waals surface area contributed by atoms with Crippen molar-refractivity contribution in [2.24, 2.45) is 0 Å². The smallest absolute Gasteiger partial charge is 0.414 e. The molecule has 2 saturated heterocycles. The minimum absolute atomic E-state index is 0.117. The van der Waals surface area contributed by atoms with Crippen molar-refractivity contribution in [3.63, 3.8) is 0 Å². The van der Waals surface area contributed by atoms with Gasteiger partial charge in [0.15, 0.2) is 0 Å². The summed E-state index contributed by atoms with van der Waals surface area (Å²) >= 11 is 6.97. The van der Waals surface area contributed by atoms with Gasteiger partial charge < -0.3 is 15.2 Å². The molecule has 13 heteroatoms. The fourth-order valence-electron chi connectivity index (χ4n) is 3.44. The van der Waals surface area contributed by atoms with E-state index in [1.54, 1.807) is 24.3 Å². The summed E-state index contributed by atoms with van der Waals surface area (Å²) in [6.07, 6.45) is -2.50. The van der Waals surface area contributed by atoms with Gasteiger partial charge in [-0.3, -0.25) is 24.2 Å². The van der Waals surface area contributed by atoms with Gasteiger partial charge in [-0.1, -0.05) is 11.6 Å². The van der Waals surface area contributed by atoms with Crippen LogP contribution in [-0.4, -0.2) is 72.2 Å². The van der Waals surface area contributed by atoms with Gasteiger partial charge in [0.1, 0.15) is 19.2 Å². The highest BCUT2D eigenvalue weighted by Crippen LogP contribution is 2.26. The number of ether oxygens (including phenoxy) is 1. The first kappa shape index (κ1) is 22.6. The zero-order valence-corrected chi connectivity index (χ0v) is 18.5. The third-order valence-electron chi connectivity index (χ3n) is 5.00. The average molecular weight is 493 g/mol. The van der Waals surface area contributed by atoms with Gasteiger partial charge in [-0.25, -0.2) is 14.5 Å². The Hall–Kier alpha value is -3.64. The number of carbonyl (C=O) groups is 5. The lowest BCUT2D eigenvalue weighted by molar-refractivity contribution is -0.131. The van der Waals surface area contributed by atoms with E-state index in [2.05, 4.69) is 5.32 Å². The van der Waals surface area contributed by atoms with Crippen LogP contribution in [0.25, 0.3) is 0 Å². The molecule has 33 heavy (non-hydrogen) atoms. The molecule has 0 aliphatic carbocycles. The van der Waals surface area contributed by atoms with E-state index >= 15 is 0 Å². The van der Waals surface area contributed by atoms with Crippen LogP contribution in [0.15, 0.2) is 36.4 Å². The summed E-state index contributed by atoms with van der Waals surface area (Å²) in [4.78, 5) is 63.4. The van der Waals surface area contributed by atoms with E-state index in [0.717, 1.165) is 21.1 Å². The van der Waals surface area contributed by atoms with Crippen molar-refractivity contribution >= 4 is 64.2 Å². The molecule has 172 valence electrons. The number of halogens is 1. The molecular weight excluding hydrogens is 476 g/mol. The Labute approximate surface area is 196 Å². The molecule has 1 atom stereocenters. The maximum absolute atomic E-state index is 12.3. The van der Waals surface area contributed by atoms with Crippen LogP contribution in [0, 0.1) is 0 Å². The molecule has 0 spiro atoms. The predicted octanol–water partition coefficient (Wildman–Crippen LogP) is 2.01. The van der Waals surface area contributed by atoms with Crippen molar-refractivity contribution < 1.29 is 33.8 Å². The van der Waals surface area contributed by atoms with Gasteiger partial charge in [-0.2, -0.15) is 0 Å². The molecule has 0 radical (unpaired) electrons. The summed E-state index contributed by atoms with van der Waals surface area (Å²) in [5, 5.41) is 11.7. The molecule has 4 rings (SSSR count). The summed E-state index contributed by atoms with van der Waals surface area (Å²) in [5.74, 6) is -1.64. The Balaban J connectivity index is 1.37. The van der Waals surface area contributed by atoms with Crippen LogP contribution in [0.1, 0.15) is 9.67 Å². The van der Waals surface area contributed by atoms with E-state index in [-0.39, 0.29) is 24.7 Å². The number of hydrogen-bond donors (Lipinski definition) is 2. The first-order chi connectivity index (χ1) is 15.7. The van der Waals surface area contributed by atoms with Crippen LogP contribution in [-0.2, 0) is 14.3 Å². The zero-order valence-electron chi connectivity index (χ0n) is 16.9. The standard InChI is InChI=1S/C20H17ClN4O7S/c21-15-6-5-14(33-15)18(28)22-7-13-8-24(20(31)32-13)11-1-3-12(4-2-11)25-16(26)9-23(19(29)30)10-17(25)27/h1-6,13H,7-10H2,(H,22,28)(H,29,30). The zero-order chi connectivity index (χ0) is 23.7. The molecule has 2 aliphatic rings. The van der Waals surface area contributed by atoms with E-state index in [1.165, 1.54) is 17.0 Å². The minimum Gasteiger partial charge on any atom is -0.465 e. The third kappa shape index (κ3) is 4.76. The molecule has 2 aliphatic heterocycles. The number of anilines is 2. The van der Waals surface area contributed by atoms with Crippen LogP contribution in [0.2, 0.25) is 4.34 Å². The van der Waals surface area contributed by atoms with Gasteiger partial charge in [0.05, 0.1) is 28.0 Å². The monoisotopic (exact) mass is 492 g/mol. The van der Waals surface area contributed by atoms with Crippen LogP contribution in [0.4, 0.5) is 21.0 Å². The highest BCUT2D eigenvalue weighted by Gasteiger charge is 2.35. The lowest BCUT2D eigenvalue weighted by atomic mass is 10.2. The summed E-state index contributed by atoms with van der Waals surface area (Å²) in [6, 6.07) is 9.31. The van der Waals surface area contributed by atoms with Crippen LogP contribution in [0.3, 0.4) is 0 Å². The Bertz CT molecular complexity index is 1120. The maximum atomic E-state index is 12.3. The number of nitrogens with zero attached hydrogens (tertiary/aromatic N) is 3. The summed E-state index contributed by atoms with van der Waals surface area (Å²) in [7, 11) is 0. The van der Waals surface area contributed by atoms with Crippen molar-refractivity contribution in [1.82, 2.24) is 10.2 Å². The molecular formula is C20H17ClN4O7S. The normalized spacial score (nSPS) is 18.5. The Morgan fingerprint density at radius 1 is 1.06 bits per heavy atom. The van der Waals surface area contributed by atoms with Crippen molar-refractivity contribution in [2.45, 2.75) is 6.10 Å². The average Bonchev–Trinajstić information content (AvgIpc) is 3.37. The quantitative estimate of drug-likeness (QED) is 0.609. The second-order valence-corrected chi connectivity index (χ2v) is 8.92. The van der Waals surface area contributed by atoms with Gasteiger partial charge in [-0.15, -0.1) is 11.3 Å². The summed E-state index contributed by atoms with van der Waals surface area (Å²) < 4.78 is 5.80. The van der Waals surface area contributed by atoms with E-state index < -0.39 is 43.2 Å². The van der Waals surface area contributed by atoms with Crippen molar-refractivity contribution in [3.05, 3.63) is 45.6 Å². The van der Waals surface area contributed by atoms with Gasteiger partial charge in [0.25, 0.3) is 17.7 Å². The lowest BCUT2D eigenvalue weighted by Crippen LogP contribution is -2.55.